The molecule has 0 bridgehead atoms. The van der Waals surface area contributed by atoms with Crippen LogP contribution in [0.15, 0.2) is 47.5 Å². The molecule has 0 fully saturated rings. The smallest absolute Gasteiger partial charge is 0.493 e. The van der Waals surface area contributed by atoms with E-state index in [0.29, 0.717) is 0 Å². The Morgan fingerprint density at radius 2 is 0.531 bits per heavy atom. The van der Waals surface area contributed by atoms with Crippen molar-refractivity contribution in [3.63, 3.8) is 0 Å². The molecule has 0 amide bonds. The van der Waals surface area contributed by atoms with Gasteiger partial charge in [0.25, 0.3) is 0 Å². The normalized spacial score (nSPS) is 12.3. The van der Waals surface area contributed by atoms with Crippen molar-refractivity contribution < 1.29 is 21.2 Å². The van der Waals surface area contributed by atoms with Crippen LogP contribution in [0.2, 0.25) is 0 Å². The van der Waals surface area contributed by atoms with Gasteiger partial charge in [-0.3, -0.25) is 0 Å². The van der Waals surface area contributed by atoms with Gasteiger partial charge in [-0.25, -0.2) is 4.70 Å². The maximum Gasteiger partial charge on any atom is 2.00 e. The van der Waals surface area contributed by atoms with Crippen LogP contribution in [0.3, 0.4) is 0 Å². The molecule has 2 aromatic carbocycles. The molecule has 0 saturated carbocycles. The third-order valence-corrected chi connectivity index (χ3v) is 13.1. The number of hydrogen-bond donors (Lipinski definition) is 0. The first-order valence-electron chi connectivity index (χ1n) is 27.6. The van der Waals surface area contributed by atoms with Crippen molar-refractivity contribution in [3.05, 3.63) is 100 Å². The molecule has 0 saturated heterocycles. The van der Waals surface area contributed by atoms with Crippen molar-refractivity contribution in [1.29, 1.82) is 0 Å². The van der Waals surface area contributed by atoms with E-state index in [1.807, 2.05) is 0 Å². The predicted octanol–water partition coefficient (Wildman–Crippen LogP) is 20.9. The van der Waals surface area contributed by atoms with Crippen molar-refractivity contribution in [2.24, 2.45) is 0 Å². The van der Waals surface area contributed by atoms with Gasteiger partial charge < -0.3 is 19.4 Å². The first kappa shape index (κ1) is 62.0. The van der Waals surface area contributed by atoms with E-state index in [0.717, 1.165) is 62.8 Å². The third kappa shape index (κ3) is 25.2. The summed E-state index contributed by atoms with van der Waals surface area (Å²) in [6, 6.07) is 15.0. The molecule has 0 N–H and O–H groups in total. The van der Waals surface area contributed by atoms with Gasteiger partial charge in [0.1, 0.15) is 0 Å². The Bertz CT molecular complexity index is 1430. The van der Waals surface area contributed by atoms with Gasteiger partial charge >= 0.3 is 16.5 Å². The summed E-state index contributed by atoms with van der Waals surface area (Å²) in [7, 11) is 0. The molecule has 0 spiro atoms. The first-order chi connectivity index (χ1) is 31.0. The summed E-state index contributed by atoms with van der Waals surface area (Å²) < 4.78 is 1.71. The van der Waals surface area contributed by atoms with Crippen LogP contribution in [0.5, 0.6) is 0 Å². The van der Waals surface area contributed by atoms with Crippen LogP contribution < -0.4 is 0 Å². The Kier molecular flexibility index (Phi) is 41.1. The van der Waals surface area contributed by atoms with Gasteiger partial charge in [-0.05, 0) is 124 Å². The molecular formula is C61H104N2Ni. The van der Waals surface area contributed by atoms with Crippen LogP contribution in [0.25, 0.3) is 16.9 Å². The summed E-state index contributed by atoms with van der Waals surface area (Å²) in [5, 5.41) is 0. The maximum absolute atomic E-state index is 12.8. The van der Waals surface area contributed by atoms with E-state index in [1.54, 1.807) is 18.5 Å². The molecule has 0 unspecified atom stereocenters. The SMILES string of the molecule is CCCCCCCCc1cc(CCCCCCCC)cc(C2=C(CCCC)C(CCCCC)=C(c3cc(CCCCCCCC)cc(CCCCCCCC)c3)[N+]2=[N-])c1.[CH2-]C.[CH2-]C.[Ni+2]. The van der Waals surface area contributed by atoms with Crippen LogP contribution in [0.1, 0.15) is 288 Å². The Labute approximate surface area is 410 Å². The van der Waals surface area contributed by atoms with Gasteiger partial charge in [0.05, 0.1) is 0 Å². The fraction of sp³-hybridized carbons (Fsp3) is 0.705. The number of unbranched alkanes of at least 4 members (excludes halogenated alkanes) is 23. The molecule has 0 aliphatic carbocycles. The van der Waals surface area contributed by atoms with Gasteiger partial charge in [-0.15, -0.1) is 0 Å². The van der Waals surface area contributed by atoms with E-state index < -0.39 is 0 Å². The minimum absolute atomic E-state index is 0. The number of aryl methyl sites for hydroxylation is 4. The van der Waals surface area contributed by atoms with Gasteiger partial charge in [0, 0.05) is 22.3 Å². The van der Waals surface area contributed by atoms with E-state index in [4.69, 9.17) is 0 Å². The molecule has 2 nitrogen and oxygen atoms in total. The minimum Gasteiger partial charge on any atom is -0.493 e. The van der Waals surface area contributed by atoms with Crippen molar-refractivity contribution in [2.45, 2.75) is 280 Å². The van der Waals surface area contributed by atoms with E-state index in [9.17, 15) is 5.53 Å². The van der Waals surface area contributed by atoms with E-state index in [2.05, 4.69) is 91.8 Å². The molecule has 3 rings (SSSR count). The molecular weight excluding hydrogens is 819 g/mol. The van der Waals surface area contributed by atoms with Crippen molar-refractivity contribution in [2.75, 3.05) is 0 Å². The van der Waals surface area contributed by atoms with Crippen LogP contribution >= 0.6 is 0 Å². The minimum atomic E-state index is 0. The summed E-state index contributed by atoms with van der Waals surface area (Å²) in [6.45, 7) is 23.9. The average Bonchev–Trinajstić information content (AvgIpc) is 3.58. The van der Waals surface area contributed by atoms with E-state index in [-0.39, 0.29) is 16.5 Å². The second-order valence-electron chi connectivity index (χ2n) is 18.7. The number of hydrogen-bond acceptors (Lipinski definition) is 0. The maximum atomic E-state index is 12.8. The summed E-state index contributed by atoms with van der Waals surface area (Å²) in [5.74, 6) is 0. The number of allylic oxidation sites excluding steroid dienone is 2. The summed E-state index contributed by atoms with van der Waals surface area (Å²) >= 11 is 0. The van der Waals surface area contributed by atoms with E-state index >= 15 is 0 Å². The Morgan fingerprint density at radius 1 is 0.312 bits per heavy atom. The molecule has 0 atom stereocenters. The molecule has 1 aliphatic heterocycles. The topological polar surface area (TPSA) is 25.3 Å². The van der Waals surface area contributed by atoms with Gasteiger partial charge in [0.2, 0.25) is 11.4 Å². The van der Waals surface area contributed by atoms with Crippen molar-refractivity contribution in [1.82, 2.24) is 0 Å². The van der Waals surface area contributed by atoms with Gasteiger partial charge in [-0.1, -0.05) is 201 Å². The second-order valence-corrected chi connectivity index (χ2v) is 18.7. The van der Waals surface area contributed by atoms with Crippen molar-refractivity contribution >= 4 is 11.4 Å². The molecule has 0 radical (unpaired) electrons. The van der Waals surface area contributed by atoms with Gasteiger partial charge in [0.15, 0.2) is 0 Å². The molecule has 3 heteroatoms. The first-order valence-corrected chi connectivity index (χ1v) is 27.6. The fourth-order valence-electron chi connectivity index (χ4n) is 9.50. The Morgan fingerprint density at radius 3 is 0.812 bits per heavy atom. The molecule has 368 valence electrons. The largest absolute Gasteiger partial charge is 2.00 e. The quantitative estimate of drug-likeness (QED) is 0.0279. The number of nitrogens with zero attached hydrogens (tertiary/aromatic N) is 2. The molecule has 2 aromatic rings. The third-order valence-electron chi connectivity index (χ3n) is 13.1. The van der Waals surface area contributed by atoms with E-state index in [1.165, 1.54) is 218 Å². The zero-order chi connectivity index (χ0) is 46.3. The summed E-state index contributed by atoms with van der Waals surface area (Å²) in [6.07, 6.45) is 44.4. The molecule has 64 heavy (non-hydrogen) atoms. The second kappa shape index (κ2) is 42.4. The van der Waals surface area contributed by atoms with Crippen LogP contribution in [0.4, 0.5) is 0 Å². The monoisotopic (exact) mass is 923 g/mol. The van der Waals surface area contributed by atoms with Crippen LogP contribution in [-0.4, -0.2) is 4.70 Å². The molecule has 1 heterocycles. The van der Waals surface area contributed by atoms with Crippen LogP contribution in [-0.2, 0) is 42.2 Å². The fourth-order valence-corrected chi connectivity index (χ4v) is 9.50. The summed E-state index contributed by atoms with van der Waals surface area (Å²) in [5.41, 5.74) is 26.2. The molecule has 0 aromatic heterocycles. The Hall–Kier alpha value is -1.99. The zero-order valence-corrected chi connectivity index (χ0v) is 44.8. The predicted molar refractivity (Wildman–Crippen MR) is 284 cm³/mol. The zero-order valence-electron chi connectivity index (χ0n) is 43.8. The average molecular weight is 924 g/mol. The standard InChI is InChI=1S/C57H94N2.2C2H5.Ni/c1-7-13-19-23-27-32-36-48-42-49(37-33-28-24-20-14-8-2)45-52(44-48)56-54(40-18-12-6)55(41-31-17-11-5)57(59(56)58)53-46-50(38-34-29-25-21-15-9-3)43-51(47-53)39-35-30-26-22-16-10-4;2*1-2;/h42-47H,7-41H2,1-6H3;2*1H2,2H3;/q;2*-1;+2. The molecule has 1 aliphatic rings. The van der Waals surface area contributed by atoms with Crippen LogP contribution in [0, 0.1) is 13.8 Å². The summed E-state index contributed by atoms with van der Waals surface area (Å²) in [4.78, 5) is 0. The number of benzene rings is 2. The number of rotatable bonds is 37. The van der Waals surface area contributed by atoms with Crippen molar-refractivity contribution in [3.8, 4) is 0 Å². The Balaban J connectivity index is 0.00000771. The van der Waals surface area contributed by atoms with Gasteiger partial charge in [-0.2, -0.15) is 13.8 Å².